The summed E-state index contributed by atoms with van der Waals surface area (Å²) < 4.78 is 61.8. The van der Waals surface area contributed by atoms with Crippen LogP contribution in [0.5, 0.6) is 0 Å². The van der Waals surface area contributed by atoms with Gasteiger partial charge < -0.3 is 0 Å². The molecule has 0 fully saturated rings. The van der Waals surface area contributed by atoms with Gasteiger partial charge in [-0.15, -0.1) is 21.8 Å². The number of nitrogens with one attached hydrogen (secondary N) is 1. The zero-order valence-corrected chi connectivity index (χ0v) is 14.1. The molecule has 1 aromatic carbocycles. The zero-order chi connectivity index (χ0) is 18.0. The van der Waals surface area contributed by atoms with Gasteiger partial charge in [0.25, 0.3) is 5.91 Å². The third kappa shape index (κ3) is 4.22. The molecule has 0 unspecified atom stereocenters. The summed E-state index contributed by atoms with van der Waals surface area (Å²) in [6.07, 6.45) is -4.70. The smallest absolute Gasteiger partial charge is 0.296 e. The van der Waals surface area contributed by atoms with Gasteiger partial charge in [-0.25, -0.2) is 8.42 Å². The van der Waals surface area contributed by atoms with Gasteiger partial charge in [0.1, 0.15) is 0 Å². The number of carbonyl (C=O) groups is 1. The maximum Gasteiger partial charge on any atom is 0.417 e. The molecular weight excluding hydrogens is 391 g/mol. The Morgan fingerprint density at radius 1 is 1.25 bits per heavy atom. The number of aromatic nitrogens is 2. The molecule has 12 heteroatoms. The van der Waals surface area contributed by atoms with Gasteiger partial charge in [-0.1, -0.05) is 23.5 Å². The molecule has 6 nitrogen and oxygen atoms in total. The fourth-order valence-corrected chi connectivity index (χ4v) is 4.29. The molecule has 0 bridgehead atoms. The third-order valence-corrected chi connectivity index (χ3v) is 6.13. The Balaban J connectivity index is 2.25. The Hall–Kier alpha value is -1.72. The van der Waals surface area contributed by atoms with Crippen LogP contribution in [-0.2, 0) is 16.0 Å². The average Bonchev–Trinajstić information content (AvgIpc) is 2.95. The van der Waals surface area contributed by atoms with E-state index in [0.717, 1.165) is 18.2 Å². The molecule has 1 aromatic heterocycles. The number of amides is 1. The summed E-state index contributed by atoms with van der Waals surface area (Å²) in [6.45, 7) is 0. The number of nitrogens with zero attached hydrogens (tertiary/aromatic N) is 2. The SMILES string of the molecule is O=C(Nc1nnc(S(=O)(=O)CCCl)s1)c1ccccc1C(F)(F)F. The number of hydrogen-bond acceptors (Lipinski definition) is 6. The summed E-state index contributed by atoms with van der Waals surface area (Å²) in [5, 5.41) is 8.75. The molecule has 0 aliphatic carbocycles. The van der Waals surface area contributed by atoms with Crippen LogP contribution in [0.1, 0.15) is 15.9 Å². The van der Waals surface area contributed by atoms with Crippen molar-refractivity contribution in [1.82, 2.24) is 10.2 Å². The summed E-state index contributed by atoms with van der Waals surface area (Å²) in [4.78, 5) is 12.0. The van der Waals surface area contributed by atoms with Crippen molar-refractivity contribution in [3.8, 4) is 0 Å². The lowest BCUT2D eigenvalue weighted by Gasteiger charge is -2.11. The number of alkyl halides is 4. The van der Waals surface area contributed by atoms with Crippen molar-refractivity contribution in [3.63, 3.8) is 0 Å². The second-order valence-corrected chi connectivity index (χ2v) is 8.02. The van der Waals surface area contributed by atoms with Gasteiger partial charge in [0.2, 0.25) is 19.3 Å². The maximum absolute atomic E-state index is 12.9. The van der Waals surface area contributed by atoms with Crippen LogP contribution in [0.3, 0.4) is 0 Å². The molecule has 0 aliphatic heterocycles. The van der Waals surface area contributed by atoms with Crippen molar-refractivity contribution in [2.75, 3.05) is 16.9 Å². The molecule has 24 heavy (non-hydrogen) atoms. The molecule has 130 valence electrons. The number of benzene rings is 1. The minimum atomic E-state index is -4.70. The molecule has 1 heterocycles. The molecule has 0 spiro atoms. The zero-order valence-electron chi connectivity index (χ0n) is 11.7. The topological polar surface area (TPSA) is 89.0 Å². The summed E-state index contributed by atoms with van der Waals surface area (Å²) in [7, 11) is -3.74. The highest BCUT2D eigenvalue weighted by atomic mass is 35.5. The largest absolute Gasteiger partial charge is 0.417 e. The second kappa shape index (κ2) is 7.03. The normalized spacial score (nSPS) is 12.2. The monoisotopic (exact) mass is 399 g/mol. The van der Waals surface area contributed by atoms with Crippen LogP contribution in [0, 0.1) is 0 Å². The first-order chi connectivity index (χ1) is 11.1. The van der Waals surface area contributed by atoms with E-state index in [1.165, 1.54) is 6.07 Å². The highest BCUT2D eigenvalue weighted by molar-refractivity contribution is 7.93. The van der Waals surface area contributed by atoms with Crippen LogP contribution in [0.4, 0.5) is 18.3 Å². The van der Waals surface area contributed by atoms with E-state index in [2.05, 4.69) is 15.5 Å². The Labute approximate surface area is 143 Å². The van der Waals surface area contributed by atoms with E-state index in [-0.39, 0.29) is 21.1 Å². The van der Waals surface area contributed by atoms with E-state index in [4.69, 9.17) is 11.6 Å². The van der Waals surface area contributed by atoms with Gasteiger partial charge in [0.05, 0.1) is 16.9 Å². The Morgan fingerprint density at radius 3 is 2.54 bits per heavy atom. The molecule has 2 aromatic rings. The number of halogens is 4. The lowest BCUT2D eigenvalue weighted by molar-refractivity contribution is -0.137. The van der Waals surface area contributed by atoms with E-state index in [1.807, 2.05) is 0 Å². The Morgan fingerprint density at radius 2 is 1.92 bits per heavy atom. The van der Waals surface area contributed by atoms with Crippen molar-refractivity contribution in [3.05, 3.63) is 35.4 Å². The average molecular weight is 400 g/mol. The van der Waals surface area contributed by atoms with E-state index in [0.29, 0.717) is 11.3 Å². The number of carbonyl (C=O) groups excluding carboxylic acids is 1. The highest BCUT2D eigenvalue weighted by Crippen LogP contribution is 2.32. The standard InChI is InChI=1S/C12H9ClF3N3O3S2/c13-5-6-24(21,22)11-19-18-10(23-11)17-9(20)7-3-1-2-4-8(7)12(14,15)16/h1-4H,5-6H2,(H,17,18,20). The molecular formula is C12H9ClF3N3O3S2. The van der Waals surface area contributed by atoms with Gasteiger partial charge >= 0.3 is 6.18 Å². The third-order valence-electron chi connectivity index (χ3n) is 2.72. The predicted octanol–water partition coefficient (Wildman–Crippen LogP) is 2.82. The number of sulfone groups is 1. The van der Waals surface area contributed by atoms with Crippen LogP contribution in [0.25, 0.3) is 0 Å². The predicted molar refractivity (Wildman–Crippen MR) is 82.1 cm³/mol. The molecule has 0 atom stereocenters. The van der Waals surface area contributed by atoms with Gasteiger partial charge in [0, 0.05) is 5.88 Å². The number of anilines is 1. The van der Waals surface area contributed by atoms with Crippen molar-refractivity contribution >= 4 is 43.8 Å². The first kappa shape index (κ1) is 18.6. The fraction of sp³-hybridized carbons (Fsp3) is 0.250. The number of hydrogen-bond donors (Lipinski definition) is 1. The van der Waals surface area contributed by atoms with E-state index in [1.54, 1.807) is 0 Å². The van der Waals surface area contributed by atoms with Gasteiger partial charge in [-0.3, -0.25) is 10.1 Å². The molecule has 2 rings (SSSR count). The molecule has 0 aliphatic rings. The molecule has 1 N–H and O–H groups in total. The molecule has 0 saturated heterocycles. The molecule has 1 amide bonds. The van der Waals surface area contributed by atoms with Gasteiger partial charge in [-0.2, -0.15) is 13.2 Å². The summed E-state index contributed by atoms with van der Waals surface area (Å²) >= 11 is 5.90. The van der Waals surface area contributed by atoms with Gasteiger partial charge in [0.15, 0.2) is 0 Å². The molecule has 0 radical (unpaired) electrons. The van der Waals surface area contributed by atoms with Crippen LogP contribution in [0.2, 0.25) is 0 Å². The Kier molecular flexibility index (Phi) is 5.45. The fourth-order valence-electron chi connectivity index (χ4n) is 1.67. The summed E-state index contributed by atoms with van der Waals surface area (Å²) in [5.41, 5.74) is -1.72. The highest BCUT2D eigenvalue weighted by Gasteiger charge is 2.35. The second-order valence-electron chi connectivity index (χ2n) is 4.38. The summed E-state index contributed by atoms with van der Waals surface area (Å²) in [5.74, 6) is -1.59. The summed E-state index contributed by atoms with van der Waals surface area (Å²) in [6, 6.07) is 4.21. The van der Waals surface area contributed by atoms with Crippen LogP contribution in [0.15, 0.2) is 28.6 Å². The van der Waals surface area contributed by atoms with Crippen LogP contribution < -0.4 is 5.32 Å². The number of rotatable bonds is 5. The lowest BCUT2D eigenvalue weighted by atomic mass is 10.1. The quantitative estimate of drug-likeness (QED) is 0.617. The van der Waals surface area contributed by atoms with Crippen LogP contribution in [-0.4, -0.2) is 36.2 Å². The van der Waals surface area contributed by atoms with E-state index >= 15 is 0 Å². The minimum absolute atomic E-state index is 0.150. The maximum atomic E-state index is 12.9. The first-order valence-electron chi connectivity index (χ1n) is 6.25. The molecule has 0 saturated carbocycles. The van der Waals surface area contributed by atoms with E-state index < -0.39 is 33.0 Å². The lowest BCUT2D eigenvalue weighted by Crippen LogP contribution is -2.18. The van der Waals surface area contributed by atoms with Crippen molar-refractivity contribution in [2.45, 2.75) is 10.5 Å². The van der Waals surface area contributed by atoms with Crippen molar-refractivity contribution in [1.29, 1.82) is 0 Å². The van der Waals surface area contributed by atoms with Gasteiger partial charge in [-0.05, 0) is 12.1 Å². The van der Waals surface area contributed by atoms with Crippen molar-refractivity contribution in [2.24, 2.45) is 0 Å². The first-order valence-corrected chi connectivity index (χ1v) is 9.25. The van der Waals surface area contributed by atoms with Crippen LogP contribution >= 0.6 is 22.9 Å². The van der Waals surface area contributed by atoms with Crippen molar-refractivity contribution < 1.29 is 26.4 Å². The Bertz CT molecular complexity index is 852. The minimum Gasteiger partial charge on any atom is -0.296 e. The van der Waals surface area contributed by atoms with E-state index in [9.17, 15) is 26.4 Å².